The maximum Gasteiger partial charge on any atom is 0.280 e. The molecule has 4 rings (SSSR count). The normalized spacial score (nSPS) is 15.4. The molecule has 1 aromatic carbocycles. The molecule has 2 aromatic heterocycles. The monoisotopic (exact) mass is 529 g/mol. The van der Waals surface area contributed by atoms with Gasteiger partial charge in [-0.1, -0.05) is 19.6 Å². The van der Waals surface area contributed by atoms with E-state index in [1.165, 1.54) is 23.1 Å². The minimum atomic E-state index is -2.28. The van der Waals surface area contributed by atoms with Crippen molar-refractivity contribution >= 4 is 25.0 Å². The van der Waals surface area contributed by atoms with Crippen LogP contribution in [0.15, 0.2) is 39.6 Å². The number of rotatable bonds is 8. The van der Waals surface area contributed by atoms with Gasteiger partial charge in [0.25, 0.3) is 5.56 Å². The Morgan fingerprint density at radius 3 is 2.46 bits per heavy atom. The molecule has 0 radical (unpaired) electrons. The van der Waals surface area contributed by atoms with Gasteiger partial charge in [0.1, 0.15) is 23.4 Å². The zero-order valence-electron chi connectivity index (χ0n) is 21.2. The van der Waals surface area contributed by atoms with Gasteiger partial charge < -0.3 is 14.2 Å². The Morgan fingerprint density at radius 1 is 1.16 bits per heavy atom. The van der Waals surface area contributed by atoms with E-state index < -0.39 is 43.0 Å². The van der Waals surface area contributed by atoms with E-state index in [1.54, 1.807) is 12.1 Å². The van der Waals surface area contributed by atoms with E-state index in [-0.39, 0.29) is 35.9 Å². The Balaban J connectivity index is 1.68. The first-order valence-electron chi connectivity index (χ1n) is 12.1. The van der Waals surface area contributed by atoms with Gasteiger partial charge in [-0.25, -0.2) is 13.8 Å². The maximum absolute atomic E-state index is 14.9. The number of aromatic amines is 1. The molecule has 1 aliphatic heterocycles. The zero-order chi connectivity index (χ0) is 26.9. The van der Waals surface area contributed by atoms with E-state index in [0.717, 1.165) is 0 Å². The smallest absolute Gasteiger partial charge is 0.280 e. The van der Waals surface area contributed by atoms with Gasteiger partial charge in [-0.3, -0.25) is 14.4 Å². The van der Waals surface area contributed by atoms with Crippen LogP contribution in [0.3, 0.4) is 0 Å². The number of aromatic nitrogens is 2. The number of halogens is 2. The Bertz CT molecular complexity index is 1370. The predicted molar refractivity (Wildman–Crippen MR) is 135 cm³/mol. The molecule has 0 unspecified atom stereocenters. The summed E-state index contributed by atoms with van der Waals surface area (Å²) in [5.41, 5.74) is 0.867. The van der Waals surface area contributed by atoms with Crippen LogP contribution in [0.1, 0.15) is 35.5 Å². The summed E-state index contributed by atoms with van der Waals surface area (Å²) in [5, 5.41) is 2.23. The minimum absolute atomic E-state index is 0.0872. The molecule has 1 N–H and O–H groups in total. The first kappa shape index (κ1) is 26.5. The van der Waals surface area contributed by atoms with Crippen molar-refractivity contribution in [2.45, 2.75) is 51.9 Å². The second-order valence-electron chi connectivity index (χ2n) is 10.0. The van der Waals surface area contributed by atoms with Crippen molar-refractivity contribution in [1.29, 1.82) is 0 Å². The molecule has 0 fully saturated rings. The Hall–Kier alpha value is -3.60. The van der Waals surface area contributed by atoms with Gasteiger partial charge in [0, 0.05) is 42.3 Å². The van der Waals surface area contributed by atoms with Crippen LogP contribution in [0.5, 0.6) is 5.88 Å². The summed E-state index contributed by atoms with van der Waals surface area (Å²) >= 11 is 0. The Labute approximate surface area is 213 Å². The van der Waals surface area contributed by atoms with E-state index in [2.05, 4.69) is 10.1 Å². The predicted octanol–water partition coefficient (Wildman–Crippen LogP) is 3.07. The van der Waals surface area contributed by atoms with Crippen molar-refractivity contribution in [3.63, 3.8) is 0 Å². The lowest BCUT2D eigenvalue weighted by Gasteiger charge is -2.36. The molecule has 3 aromatic rings. The van der Waals surface area contributed by atoms with Crippen LogP contribution in [0.2, 0.25) is 19.6 Å². The van der Waals surface area contributed by atoms with Gasteiger partial charge in [-0.15, -0.1) is 0 Å². The first-order valence-corrected chi connectivity index (χ1v) is 15.6. The minimum Gasteiger partial charge on any atom is -0.478 e. The van der Waals surface area contributed by atoms with Crippen LogP contribution in [-0.2, 0) is 28.9 Å². The molecule has 0 saturated carbocycles. The van der Waals surface area contributed by atoms with Gasteiger partial charge in [0.15, 0.2) is 5.78 Å². The van der Waals surface area contributed by atoms with E-state index in [0.29, 0.717) is 30.2 Å². The number of hydrogen-bond acceptors (Lipinski definition) is 6. The standard InChI is InChI=1S/C26H29F2N3O5Si/c1-5-35-23-7-6-17-20(29-23)8-9-31(24(34)14-16-13-22(33)30-36-16)25(17)21(32)12-15-10-18(27)26(19(28)11-15)37(2,3)4/h6-7,10-11,13,25H,5,8-9,12,14H2,1-4H3,(H,30,33)/t25-/m1/s1. The summed E-state index contributed by atoms with van der Waals surface area (Å²) in [4.78, 5) is 44.2. The second kappa shape index (κ2) is 10.4. The molecule has 37 heavy (non-hydrogen) atoms. The van der Waals surface area contributed by atoms with Crippen LogP contribution in [0.25, 0.3) is 0 Å². The zero-order valence-corrected chi connectivity index (χ0v) is 22.2. The van der Waals surface area contributed by atoms with E-state index in [4.69, 9.17) is 9.26 Å². The molecule has 0 aliphatic carbocycles. The Kier molecular flexibility index (Phi) is 7.44. The lowest BCUT2D eigenvalue weighted by atomic mass is 9.90. The van der Waals surface area contributed by atoms with Crippen molar-refractivity contribution in [3.8, 4) is 5.88 Å². The summed E-state index contributed by atoms with van der Waals surface area (Å²) in [6, 6.07) is 5.89. The molecule has 0 saturated heterocycles. The molecule has 196 valence electrons. The van der Waals surface area contributed by atoms with Crippen molar-refractivity contribution < 1.29 is 27.6 Å². The van der Waals surface area contributed by atoms with Gasteiger partial charge in [-0.2, -0.15) is 5.16 Å². The third-order valence-corrected chi connectivity index (χ3v) is 8.21. The molecular weight excluding hydrogens is 500 g/mol. The molecular formula is C26H29F2N3O5Si. The number of ketones is 1. The highest BCUT2D eigenvalue weighted by Gasteiger charge is 2.37. The summed E-state index contributed by atoms with van der Waals surface area (Å²) in [5.74, 6) is -1.60. The number of ether oxygens (including phenoxy) is 1. The van der Waals surface area contributed by atoms with Crippen LogP contribution in [0.4, 0.5) is 8.78 Å². The van der Waals surface area contributed by atoms with Gasteiger partial charge in [0.2, 0.25) is 11.8 Å². The molecule has 3 heterocycles. The number of benzene rings is 1. The average molecular weight is 530 g/mol. The van der Waals surface area contributed by atoms with E-state index in [1.807, 2.05) is 26.6 Å². The SMILES string of the molecule is CCOc1ccc2c(n1)CCN(C(=O)Cc1cc(=O)[nH]o1)[C@H]2C(=O)Cc1cc(F)c([Si](C)(C)C)c(F)c1. The number of nitrogens with one attached hydrogen (secondary N) is 1. The number of fused-ring (bicyclic) bond motifs is 1. The van der Waals surface area contributed by atoms with Crippen LogP contribution in [-0.4, -0.2) is 48.0 Å². The van der Waals surface area contributed by atoms with Crippen LogP contribution in [0, 0.1) is 11.6 Å². The quantitative estimate of drug-likeness (QED) is 0.450. The molecule has 1 amide bonds. The summed E-state index contributed by atoms with van der Waals surface area (Å²) < 4.78 is 40.2. The second-order valence-corrected chi connectivity index (χ2v) is 15.0. The molecule has 1 aliphatic rings. The molecule has 1 atom stereocenters. The fraction of sp³-hybridized carbons (Fsp3) is 0.385. The summed E-state index contributed by atoms with van der Waals surface area (Å²) in [6.07, 6.45) is -0.117. The van der Waals surface area contributed by atoms with Crippen LogP contribution >= 0.6 is 0 Å². The average Bonchev–Trinajstić information content (AvgIpc) is 3.21. The summed E-state index contributed by atoms with van der Waals surface area (Å²) in [7, 11) is -2.28. The highest BCUT2D eigenvalue weighted by molar-refractivity contribution is 6.88. The first-order chi connectivity index (χ1) is 17.5. The van der Waals surface area contributed by atoms with Gasteiger partial charge >= 0.3 is 0 Å². The lowest BCUT2D eigenvalue weighted by Crippen LogP contribution is -2.45. The number of pyridine rings is 1. The maximum atomic E-state index is 14.9. The molecule has 8 nitrogen and oxygen atoms in total. The van der Waals surface area contributed by atoms with Crippen molar-refractivity contribution in [1.82, 2.24) is 15.0 Å². The fourth-order valence-corrected chi connectivity index (χ4v) is 6.29. The van der Waals surface area contributed by atoms with E-state index in [9.17, 15) is 23.2 Å². The number of hydrogen-bond donors (Lipinski definition) is 1. The molecule has 0 bridgehead atoms. The topological polar surface area (TPSA) is 106 Å². The van der Waals surface area contributed by atoms with Gasteiger partial charge in [-0.05, 0) is 30.7 Å². The highest BCUT2D eigenvalue weighted by Crippen LogP contribution is 2.32. The number of Topliss-reactive ketones (excluding diaryl/α,β-unsaturated/α-hetero) is 1. The largest absolute Gasteiger partial charge is 0.478 e. The lowest BCUT2D eigenvalue weighted by molar-refractivity contribution is -0.140. The number of nitrogens with zero attached hydrogens (tertiary/aromatic N) is 2. The summed E-state index contributed by atoms with van der Waals surface area (Å²) in [6.45, 7) is 7.98. The van der Waals surface area contributed by atoms with Crippen molar-refractivity contribution in [3.05, 3.63) is 74.9 Å². The van der Waals surface area contributed by atoms with Crippen molar-refractivity contribution in [2.24, 2.45) is 0 Å². The number of carbonyl (C=O) groups is 2. The third-order valence-electron chi connectivity index (χ3n) is 6.23. The number of H-pyrrole nitrogens is 1. The third kappa shape index (κ3) is 5.71. The molecule has 11 heteroatoms. The highest BCUT2D eigenvalue weighted by atomic mass is 28.3. The molecule has 0 spiro atoms. The fourth-order valence-electron chi connectivity index (χ4n) is 4.71. The van der Waals surface area contributed by atoms with Gasteiger partial charge in [0.05, 0.1) is 26.8 Å². The Morgan fingerprint density at radius 2 is 1.86 bits per heavy atom. The van der Waals surface area contributed by atoms with E-state index >= 15 is 0 Å². The number of amides is 1. The van der Waals surface area contributed by atoms with Crippen LogP contribution < -0.4 is 15.5 Å². The number of carbonyl (C=O) groups excluding carboxylic acids is 2. The van der Waals surface area contributed by atoms with Crippen molar-refractivity contribution in [2.75, 3.05) is 13.2 Å².